The van der Waals surface area contributed by atoms with E-state index in [0.29, 0.717) is 12.1 Å². The van der Waals surface area contributed by atoms with Gasteiger partial charge in [0, 0.05) is 12.1 Å². The molecule has 0 aliphatic rings. The van der Waals surface area contributed by atoms with Crippen LogP contribution in [0.15, 0.2) is 47.4 Å². The third-order valence-electron chi connectivity index (χ3n) is 2.95. The zero-order valence-electron chi connectivity index (χ0n) is 12.6. The van der Waals surface area contributed by atoms with E-state index in [1.165, 1.54) is 6.07 Å². The highest BCUT2D eigenvalue weighted by Gasteiger charge is 2.30. The fourth-order valence-electron chi connectivity index (χ4n) is 2.05. The van der Waals surface area contributed by atoms with Crippen molar-refractivity contribution >= 4 is 36.0 Å². The fourth-order valence-corrected chi connectivity index (χ4v) is 5.55. The molecular weight excluding hydrogens is 378 g/mol. The highest BCUT2D eigenvalue weighted by Crippen LogP contribution is 2.57. The maximum atomic E-state index is 12.4. The van der Waals surface area contributed by atoms with Crippen molar-refractivity contribution in [1.82, 2.24) is 0 Å². The largest absolute Gasteiger partial charge is 0.479 e. The average Bonchev–Trinajstić information content (AvgIpc) is 2.43. The van der Waals surface area contributed by atoms with Crippen molar-refractivity contribution in [2.45, 2.75) is 4.90 Å². The monoisotopic (exact) mass is 394 g/mol. The Balaban J connectivity index is 2.14. The summed E-state index contributed by atoms with van der Waals surface area (Å²) in [6.45, 7) is 0.0470. The average molecular weight is 394 g/mol. The third kappa shape index (κ3) is 5.22. The number of rotatable bonds is 7. The fraction of sp³-hybridized carbons (Fsp3) is 0.231. The van der Waals surface area contributed by atoms with Crippen molar-refractivity contribution in [2.75, 3.05) is 19.0 Å². The molecule has 0 bridgehead atoms. The molecule has 0 amide bonds. The Kier molecular flexibility index (Phi) is 5.67. The van der Waals surface area contributed by atoms with Crippen molar-refractivity contribution < 1.29 is 36.2 Å². The standard InChI is InChI=1S/C13H16O8P2S/c1-22(14,15)21-23(16,17)20-9-10-24(18,19)13-8-4-6-11-5-2-3-7-12(11)13/h2-8H,9-10H2,1H3,(H,14,15)(H,16,17). The molecule has 0 saturated carbocycles. The first-order valence-electron chi connectivity index (χ1n) is 6.70. The minimum Gasteiger partial charge on any atom is -0.324 e. The maximum Gasteiger partial charge on any atom is 0.479 e. The molecule has 0 aliphatic heterocycles. The second-order valence-corrected chi connectivity index (χ2v) is 10.5. The van der Waals surface area contributed by atoms with Crippen molar-refractivity contribution in [3.05, 3.63) is 42.5 Å². The van der Waals surface area contributed by atoms with Crippen LogP contribution >= 0.6 is 15.4 Å². The number of hydrogen-bond donors (Lipinski definition) is 2. The summed E-state index contributed by atoms with van der Waals surface area (Å²) in [7, 11) is -12.9. The van der Waals surface area contributed by atoms with E-state index >= 15 is 0 Å². The normalized spacial score (nSPS) is 17.3. The van der Waals surface area contributed by atoms with Gasteiger partial charge in [-0.2, -0.15) is 0 Å². The Bertz CT molecular complexity index is 929. The quantitative estimate of drug-likeness (QED) is 0.686. The lowest BCUT2D eigenvalue weighted by atomic mass is 10.1. The molecule has 2 unspecified atom stereocenters. The minimum atomic E-state index is -4.82. The maximum absolute atomic E-state index is 12.4. The Hall–Kier alpha value is -1.05. The summed E-state index contributed by atoms with van der Waals surface area (Å²) in [5, 5.41) is 1.26. The Labute approximate surface area is 139 Å². The van der Waals surface area contributed by atoms with Gasteiger partial charge in [-0.1, -0.05) is 36.4 Å². The second kappa shape index (κ2) is 7.06. The van der Waals surface area contributed by atoms with Crippen LogP contribution in [0.4, 0.5) is 0 Å². The van der Waals surface area contributed by atoms with E-state index in [2.05, 4.69) is 8.83 Å². The summed E-state index contributed by atoms with van der Waals surface area (Å²) in [6.07, 6.45) is 0. The van der Waals surface area contributed by atoms with Gasteiger partial charge in [-0.25, -0.2) is 17.3 Å². The second-order valence-electron chi connectivity index (χ2n) is 4.98. The molecule has 2 rings (SSSR count). The first-order valence-corrected chi connectivity index (χ1v) is 11.9. The summed E-state index contributed by atoms with van der Waals surface area (Å²) in [5.74, 6) is -0.589. The molecule has 0 aliphatic carbocycles. The van der Waals surface area contributed by atoms with Crippen LogP contribution < -0.4 is 0 Å². The molecule has 2 aromatic carbocycles. The molecule has 0 radical (unpaired) electrons. The van der Waals surface area contributed by atoms with E-state index in [4.69, 9.17) is 4.89 Å². The molecule has 0 spiro atoms. The SMILES string of the molecule is CP(=O)(O)OP(=O)(O)OCCS(=O)(=O)c1cccc2ccccc12. The van der Waals surface area contributed by atoms with Gasteiger partial charge in [0.05, 0.1) is 17.3 Å². The molecule has 11 heteroatoms. The zero-order chi connectivity index (χ0) is 18.0. The summed E-state index contributed by atoms with van der Waals surface area (Å²) >= 11 is 0. The molecule has 2 N–H and O–H groups in total. The Morgan fingerprint density at radius 2 is 1.67 bits per heavy atom. The number of sulfone groups is 1. The predicted octanol–water partition coefficient (Wildman–Crippen LogP) is 2.56. The topological polar surface area (TPSA) is 127 Å². The number of benzene rings is 2. The van der Waals surface area contributed by atoms with E-state index in [-0.39, 0.29) is 4.90 Å². The lowest BCUT2D eigenvalue weighted by Gasteiger charge is -2.14. The summed E-state index contributed by atoms with van der Waals surface area (Å²) in [5.41, 5.74) is 0. The van der Waals surface area contributed by atoms with Gasteiger partial charge in [-0.15, -0.1) is 0 Å². The highest BCUT2D eigenvalue weighted by molar-refractivity contribution is 7.91. The van der Waals surface area contributed by atoms with Gasteiger partial charge in [-0.05, 0) is 11.5 Å². The van der Waals surface area contributed by atoms with Gasteiger partial charge >= 0.3 is 15.4 Å². The van der Waals surface area contributed by atoms with E-state index in [1.807, 2.05) is 0 Å². The van der Waals surface area contributed by atoms with Gasteiger partial charge < -0.3 is 9.79 Å². The summed E-state index contributed by atoms with van der Waals surface area (Å²) in [4.78, 5) is 18.3. The van der Waals surface area contributed by atoms with Gasteiger partial charge in [-0.3, -0.25) is 9.09 Å². The number of phosphoric acid groups is 1. The predicted molar refractivity (Wildman–Crippen MR) is 88.6 cm³/mol. The number of hydrogen-bond acceptors (Lipinski definition) is 6. The molecule has 132 valence electrons. The minimum absolute atomic E-state index is 0.0706. The summed E-state index contributed by atoms with van der Waals surface area (Å²) < 4.78 is 55.7. The Morgan fingerprint density at radius 3 is 2.33 bits per heavy atom. The molecular formula is C13H16O8P2S. The highest BCUT2D eigenvalue weighted by atomic mass is 32.2. The van der Waals surface area contributed by atoms with Crippen LogP contribution in [0.25, 0.3) is 10.8 Å². The van der Waals surface area contributed by atoms with Crippen LogP contribution in [0.1, 0.15) is 0 Å². The van der Waals surface area contributed by atoms with Crippen molar-refractivity contribution in [1.29, 1.82) is 0 Å². The van der Waals surface area contributed by atoms with Crippen LogP contribution in [0.5, 0.6) is 0 Å². The van der Waals surface area contributed by atoms with E-state index < -0.39 is 37.6 Å². The lowest BCUT2D eigenvalue weighted by Crippen LogP contribution is -2.12. The number of phosphoric ester groups is 1. The zero-order valence-corrected chi connectivity index (χ0v) is 15.2. The molecule has 24 heavy (non-hydrogen) atoms. The first kappa shape index (κ1) is 19.3. The molecule has 0 aromatic heterocycles. The van der Waals surface area contributed by atoms with Crippen molar-refractivity contribution in [2.24, 2.45) is 0 Å². The van der Waals surface area contributed by atoms with Gasteiger partial charge in [0.2, 0.25) is 0 Å². The third-order valence-corrected chi connectivity index (χ3v) is 7.22. The van der Waals surface area contributed by atoms with E-state index in [9.17, 15) is 22.4 Å². The lowest BCUT2D eigenvalue weighted by molar-refractivity contribution is 0.206. The summed E-state index contributed by atoms with van der Waals surface area (Å²) in [6, 6.07) is 11.7. The van der Waals surface area contributed by atoms with Crippen LogP contribution in [0, 0.1) is 0 Å². The van der Waals surface area contributed by atoms with Crippen LogP contribution in [0.2, 0.25) is 0 Å². The van der Waals surface area contributed by atoms with Crippen LogP contribution in [-0.4, -0.2) is 37.2 Å². The van der Waals surface area contributed by atoms with Crippen molar-refractivity contribution in [3.63, 3.8) is 0 Å². The molecule has 8 nitrogen and oxygen atoms in total. The van der Waals surface area contributed by atoms with Crippen molar-refractivity contribution in [3.8, 4) is 0 Å². The van der Waals surface area contributed by atoms with Crippen LogP contribution in [0.3, 0.4) is 0 Å². The molecule has 0 heterocycles. The van der Waals surface area contributed by atoms with Gasteiger partial charge in [0.25, 0.3) is 0 Å². The van der Waals surface area contributed by atoms with Crippen LogP contribution in [-0.2, 0) is 27.8 Å². The van der Waals surface area contributed by atoms with E-state index in [0.717, 1.165) is 5.39 Å². The Morgan fingerprint density at radius 1 is 1.04 bits per heavy atom. The number of fused-ring (bicyclic) bond motifs is 1. The smallest absolute Gasteiger partial charge is 0.324 e. The molecule has 0 fully saturated rings. The molecule has 2 atom stereocenters. The molecule has 0 saturated heterocycles. The molecule has 2 aromatic rings. The van der Waals surface area contributed by atoms with Gasteiger partial charge in [0.15, 0.2) is 9.84 Å². The first-order chi connectivity index (χ1) is 11.0. The van der Waals surface area contributed by atoms with E-state index in [1.54, 1.807) is 36.4 Å². The van der Waals surface area contributed by atoms with Gasteiger partial charge in [0.1, 0.15) is 0 Å².